The molecule has 0 saturated carbocycles. The third kappa shape index (κ3) is 5.87. The lowest BCUT2D eigenvalue weighted by Crippen LogP contribution is -1.93. The minimum absolute atomic E-state index is 0.321. The third-order valence-electron chi connectivity index (χ3n) is 6.04. The molecule has 0 bridgehead atoms. The quantitative estimate of drug-likeness (QED) is 0.195. The highest BCUT2D eigenvalue weighted by Crippen LogP contribution is 2.41. The zero-order valence-electron chi connectivity index (χ0n) is 21.1. The van der Waals surface area contributed by atoms with E-state index in [0.717, 1.165) is 10.8 Å². The average molecular weight is 533 g/mol. The highest BCUT2D eigenvalue weighted by molar-refractivity contribution is 5.91. The van der Waals surface area contributed by atoms with Gasteiger partial charge in [0.25, 0.3) is 0 Å². The first-order valence-electron chi connectivity index (χ1n) is 12.5. The van der Waals surface area contributed by atoms with Crippen LogP contribution >= 0.6 is 0 Å². The van der Waals surface area contributed by atoms with Crippen molar-refractivity contribution in [1.29, 1.82) is 0 Å². The first kappa shape index (κ1) is 24.9. The average Bonchev–Trinajstić information content (AvgIpc) is 2.98. The van der Waals surface area contributed by atoms with Gasteiger partial charge in [-0.15, -0.1) is 0 Å². The van der Waals surface area contributed by atoms with E-state index in [9.17, 15) is 8.78 Å². The summed E-state index contributed by atoms with van der Waals surface area (Å²) in [6.07, 6.45) is 0. The van der Waals surface area contributed by atoms with Crippen molar-refractivity contribution in [2.75, 3.05) is 0 Å². The Labute approximate surface area is 229 Å². The first-order chi connectivity index (χ1) is 19.6. The SMILES string of the molecule is Fc1ccc(Oc2ccc(Oc3ccc4ccccc4c3Oc3ccc(Oc4ccc(F)cc4)cc3)cc2)cc1. The Morgan fingerprint density at radius 3 is 1.25 bits per heavy atom. The number of fused-ring (bicyclic) bond motifs is 1. The summed E-state index contributed by atoms with van der Waals surface area (Å²) in [5.74, 6) is 3.91. The van der Waals surface area contributed by atoms with Crippen LogP contribution in [0.2, 0.25) is 0 Å². The lowest BCUT2D eigenvalue weighted by Gasteiger charge is -2.15. The number of ether oxygens (including phenoxy) is 4. The molecule has 6 rings (SSSR count). The van der Waals surface area contributed by atoms with Crippen LogP contribution in [0.5, 0.6) is 46.0 Å². The van der Waals surface area contributed by atoms with Gasteiger partial charge in [0.1, 0.15) is 46.1 Å². The molecule has 0 aliphatic carbocycles. The maximum absolute atomic E-state index is 13.2. The number of rotatable bonds is 8. The van der Waals surface area contributed by atoms with Crippen LogP contribution in [0, 0.1) is 11.6 Å². The van der Waals surface area contributed by atoms with Crippen molar-refractivity contribution in [2.45, 2.75) is 0 Å². The Bertz CT molecular complexity index is 1730. The molecule has 40 heavy (non-hydrogen) atoms. The maximum atomic E-state index is 13.2. The number of hydrogen-bond acceptors (Lipinski definition) is 4. The summed E-state index contributed by atoms with van der Waals surface area (Å²) in [5, 5.41) is 1.90. The Morgan fingerprint density at radius 2 is 0.750 bits per heavy atom. The lowest BCUT2D eigenvalue weighted by molar-refractivity contribution is 0.420. The van der Waals surface area contributed by atoms with Crippen LogP contribution in [-0.2, 0) is 0 Å². The molecular formula is C34H22F2O4. The molecule has 0 heterocycles. The fraction of sp³-hybridized carbons (Fsp3) is 0. The van der Waals surface area contributed by atoms with Crippen molar-refractivity contribution < 1.29 is 27.7 Å². The van der Waals surface area contributed by atoms with E-state index in [1.165, 1.54) is 24.3 Å². The Morgan fingerprint density at radius 1 is 0.350 bits per heavy atom. The monoisotopic (exact) mass is 532 g/mol. The minimum atomic E-state index is -0.321. The predicted molar refractivity (Wildman–Crippen MR) is 150 cm³/mol. The fourth-order valence-electron chi connectivity index (χ4n) is 4.08. The number of benzene rings is 6. The summed E-state index contributed by atoms with van der Waals surface area (Å²) >= 11 is 0. The van der Waals surface area contributed by atoms with Gasteiger partial charge in [-0.05, 0) is 109 Å². The second-order valence-corrected chi connectivity index (χ2v) is 8.87. The van der Waals surface area contributed by atoms with Crippen LogP contribution < -0.4 is 18.9 Å². The summed E-state index contributed by atoms with van der Waals surface area (Å²) in [6.45, 7) is 0. The molecule has 0 amide bonds. The smallest absolute Gasteiger partial charge is 0.177 e. The van der Waals surface area contributed by atoms with Crippen LogP contribution in [0.25, 0.3) is 10.8 Å². The summed E-state index contributed by atoms with van der Waals surface area (Å²) in [6, 6.07) is 37.7. The highest BCUT2D eigenvalue weighted by Gasteiger charge is 2.13. The summed E-state index contributed by atoms with van der Waals surface area (Å²) in [7, 11) is 0. The van der Waals surface area contributed by atoms with Gasteiger partial charge >= 0.3 is 0 Å². The van der Waals surface area contributed by atoms with Crippen LogP contribution in [0.3, 0.4) is 0 Å². The molecule has 6 aromatic rings. The van der Waals surface area contributed by atoms with E-state index in [1.54, 1.807) is 72.8 Å². The minimum Gasteiger partial charge on any atom is -0.457 e. The van der Waals surface area contributed by atoms with Crippen LogP contribution in [-0.4, -0.2) is 0 Å². The first-order valence-corrected chi connectivity index (χ1v) is 12.5. The van der Waals surface area contributed by atoms with Gasteiger partial charge in [0.2, 0.25) is 0 Å². The zero-order chi connectivity index (χ0) is 27.3. The van der Waals surface area contributed by atoms with Gasteiger partial charge in [0, 0.05) is 5.39 Å². The molecule has 0 atom stereocenters. The Hall–Kier alpha value is -5.36. The van der Waals surface area contributed by atoms with Gasteiger partial charge in [-0.1, -0.05) is 30.3 Å². The second kappa shape index (κ2) is 11.2. The molecule has 0 spiro atoms. The second-order valence-electron chi connectivity index (χ2n) is 8.87. The van der Waals surface area contributed by atoms with Crippen LogP contribution in [0.1, 0.15) is 0 Å². The molecule has 0 aliphatic rings. The van der Waals surface area contributed by atoms with E-state index < -0.39 is 0 Å². The van der Waals surface area contributed by atoms with E-state index in [4.69, 9.17) is 18.9 Å². The largest absolute Gasteiger partial charge is 0.457 e. The standard InChI is InChI=1S/C34H22F2O4/c35-24-6-10-26(11-7-24)37-28-14-18-30(19-15-28)39-33-22-5-23-3-1-2-4-32(23)34(33)40-31-20-16-29(17-21-31)38-27-12-8-25(36)9-13-27/h1-22H. The molecule has 0 fully saturated rings. The molecule has 6 aromatic carbocycles. The molecule has 0 unspecified atom stereocenters. The maximum Gasteiger partial charge on any atom is 0.177 e. The van der Waals surface area contributed by atoms with Crippen LogP contribution in [0.15, 0.2) is 133 Å². The fourth-order valence-corrected chi connectivity index (χ4v) is 4.08. The summed E-state index contributed by atoms with van der Waals surface area (Å²) in [5.41, 5.74) is 0. The number of halogens is 2. The molecule has 0 saturated heterocycles. The van der Waals surface area contributed by atoms with E-state index in [1.807, 2.05) is 36.4 Å². The Kier molecular flexibility index (Phi) is 6.97. The Balaban J connectivity index is 1.22. The topological polar surface area (TPSA) is 36.9 Å². The molecule has 0 radical (unpaired) electrons. The van der Waals surface area contributed by atoms with Crippen molar-refractivity contribution in [1.82, 2.24) is 0 Å². The predicted octanol–water partition coefficient (Wildman–Crippen LogP) is 10.3. The van der Waals surface area contributed by atoms with Gasteiger partial charge in [-0.25, -0.2) is 8.78 Å². The highest BCUT2D eigenvalue weighted by atomic mass is 19.1. The normalized spacial score (nSPS) is 10.8. The van der Waals surface area contributed by atoms with Gasteiger partial charge in [0.15, 0.2) is 11.5 Å². The van der Waals surface area contributed by atoms with Crippen molar-refractivity contribution in [3.63, 3.8) is 0 Å². The van der Waals surface area contributed by atoms with Crippen molar-refractivity contribution in [2.24, 2.45) is 0 Å². The van der Waals surface area contributed by atoms with E-state index in [-0.39, 0.29) is 11.6 Å². The van der Waals surface area contributed by atoms with Crippen molar-refractivity contribution in [3.05, 3.63) is 145 Å². The van der Waals surface area contributed by atoms with Gasteiger partial charge in [-0.2, -0.15) is 0 Å². The molecule has 0 N–H and O–H groups in total. The van der Waals surface area contributed by atoms with E-state index in [0.29, 0.717) is 46.0 Å². The van der Waals surface area contributed by atoms with Crippen molar-refractivity contribution >= 4 is 10.8 Å². The third-order valence-corrected chi connectivity index (χ3v) is 6.04. The van der Waals surface area contributed by atoms with Gasteiger partial charge in [0.05, 0.1) is 0 Å². The van der Waals surface area contributed by atoms with Gasteiger partial charge < -0.3 is 18.9 Å². The summed E-state index contributed by atoms with van der Waals surface area (Å²) < 4.78 is 50.5. The lowest BCUT2D eigenvalue weighted by atomic mass is 10.1. The van der Waals surface area contributed by atoms with Crippen LogP contribution in [0.4, 0.5) is 8.78 Å². The molecule has 196 valence electrons. The molecule has 0 aliphatic heterocycles. The molecule has 4 nitrogen and oxygen atoms in total. The van der Waals surface area contributed by atoms with E-state index >= 15 is 0 Å². The van der Waals surface area contributed by atoms with Gasteiger partial charge in [-0.3, -0.25) is 0 Å². The molecule has 6 heteroatoms. The van der Waals surface area contributed by atoms with E-state index in [2.05, 4.69) is 0 Å². The molecule has 0 aromatic heterocycles. The zero-order valence-corrected chi connectivity index (χ0v) is 21.1. The number of hydrogen-bond donors (Lipinski definition) is 0. The summed E-state index contributed by atoms with van der Waals surface area (Å²) in [4.78, 5) is 0. The molecular weight excluding hydrogens is 510 g/mol. The van der Waals surface area contributed by atoms with Crippen molar-refractivity contribution in [3.8, 4) is 46.0 Å².